The molecule has 2 aromatic heterocycles. The molecule has 0 bridgehead atoms. The highest BCUT2D eigenvalue weighted by Crippen LogP contribution is 2.24. The Kier molecular flexibility index (Phi) is 3.66. The molecule has 0 aliphatic heterocycles. The number of H-pyrrole nitrogens is 2. The number of nitrogens with zero attached hydrogens (tertiary/aromatic N) is 2. The minimum absolute atomic E-state index is 0.0594. The van der Waals surface area contributed by atoms with E-state index in [9.17, 15) is 13.2 Å². The fourth-order valence-corrected chi connectivity index (χ4v) is 3.81. The van der Waals surface area contributed by atoms with E-state index in [1.165, 1.54) is 12.1 Å². The summed E-state index contributed by atoms with van der Waals surface area (Å²) in [4.78, 5) is 16.6. The Morgan fingerprint density at radius 2 is 1.88 bits per heavy atom. The summed E-state index contributed by atoms with van der Waals surface area (Å²) in [6, 6.07) is 11.6. The lowest BCUT2D eigenvalue weighted by molar-refractivity contribution is 0.601. The molecule has 0 fully saturated rings. The van der Waals surface area contributed by atoms with Gasteiger partial charge < -0.3 is 9.97 Å². The third-order valence-corrected chi connectivity index (χ3v) is 5.40. The van der Waals surface area contributed by atoms with Gasteiger partial charge in [-0.2, -0.15) is 5.10 Å². The Hall–Kier alpha value is -3.33. The molecule has 9 heteroatoms. The molecule has 26 heavy (non-hydrogen) atoms. The molecule has 0 aliphatic rings. The van der Waals surface area contributed by atoms with E-state index in [0.717, 1.165) is 11.3 Å². The van der Waals surface area contributed by atoms with Crippen LogP contribution in [0, 0.1) is 6.92 Å². The van der Waals surface area contributed by atoms with Crippen LogP contribution in [0.3, 0.4) is 0 Å². The molecule has 0 saturated heterocycles. The number of sulfonamides is 1. The smallest absolute Gasteiger partial charge is 0.306 e. The molecule has 0 aliphatic carbocycles. The predicted molar refractivity (Wildman–Crippen MR) is 98.0 cm³/mol. The van der Waals surface area contributed by atoms with Crippen LogP contribution in [0.4, 0.5) is 5.69 Å². The van der Waals surface area contributed by atoms with Crippen LogP contribution in [0.2, 0.25) is 0 Å². The number of hydrogen-bond donors (Lipinski definition) is 3. The molecule has 8 nitrogen and oxygen atoms in total. The van der Waals surface area contributed by atoms with Crippen molar-refractivity contribution in [2.24, 2.45) is 0 Å². The van der Waals surface area contributed by atoms with Crippen LogP contribution in [0.5, 0.6) is 0 Å². The lowest BCUT2D eigenvalue weighted by atomic mass is 10.2. The monoisotopic (exact) mass is 369 g/mol. The number of anilines is 1. The van der Waals surface area contributed by atoms with E-state index in [1.54, 1.807) is 35.3 Å². The Labute approximate surface area is 148 Å². The van der Waals surface area contributed by atoms with Crippen LogP contribution in [0.25, 0.3) is 16.7 Å². The van der Waals surface area contributed by atoms with E-state index in [1.807, 2.05) is 19.1 Å². The highest BCUT2D eigenvalue weighted by atomic mass is 32.2. The Morgan fingerprint density at radius 1 is 1.08 bits per heavy atom. The summed E-state index contributed by atoms with van der Waals surface area (Å²) < 4.78 is 29.8. The standard InChI is InChI=1S/C17H15N5O3S/c1-11-3-4-12(22-8-2-7-18-22)9-15(11)21-26(24,25)13-5-6-14-16(10-13)20-17(23)19-14/h2-10,21H,1H3,(H2,19,20,23). The summed E-state index contributed by atoms with van der Waals surface area (Å²) in [5.41, 5.74) is 2.57. The summed E-state index contributed by atoms with van der Waals surface area (Å²) in [7, 11) is -3.82. The Morgan fingerprint density at radius 3 is 2.65 bits per heavy atom. The van der Waals surface area contributed by atoms with Crippen molar-refractivity contribution in [3.8, 4) is 5.69 Å². The quantitative estimate of drug-likeness (QED) is 0.511. The largest absolute Gasteiger partial charge is 0.323 e. The summed E-state index contributed by atoms with van der Waals surface area (Å²) in [5.74, 6) is 0. The summed E-state index contributed by atoms with van der Waals surface area (Å²) >= 11 is 0. The van der Waals surface area contributed by atoms with Crippen LogP contribution in [0.1, 0.15) is 5.56 Å². The maximum Gasteiger partial charge on any atom is 0.323 e. The van der Waals surface area contributed by atoms with Crippen LogP contribution in [0.15, 0.2) is 64.5 Å². The Balaban J connectivity index is 1.72. The van der Waals surface area contributed by atoms with Crippen molar-refractivity contribution in [1.29, 1.82) is 0 Å². The van der Waals surface area contributed by atoms with Crippen molar-refractivity contribution in [3.05, 3.63) is 70.9 Å². The average molecular weight is 369 g/mol. The van der Waals surface area contributed by atoms with Crippen LogP contribution in [-0.2, 0) is 10.0 Å². The molecule has 4 rings (SSSR count). The number of aryl methyl sites for hydroxylation is 1. The number of rotatable bonds is 4. The minimum atomic E-state index is -3.82. The van der Waals surface area contributed by atoms with Crippen LogP contribution < -0.4 is 10.4 Å². The third-order valence-electron chi connectivity index (χ3n) is 4.03. The number of imidazole rings is 1. The number of benzene rings is 2. The molecule has 0 radical (unpaired) electrons. The van der Waals surface area contributed by atoms with Gasteiger partial charge in [0.25, 0.3) is 10.0 Å². The normalized spacial score (nSPS) is 11.7. The van der Waals surface area contributed by atoms with E-state index < -0.39 is 10.0 Å². The van der Waals surface area contributed by atoms with Crippen molar-refractivity contribution in [2.75, 3.05) is 4.72 Å². The molecular weight excluding hydrogens is 354 g/mol. The second-order valence-corrected chi connectivity index (χ2v) is 7.52. The summed E-state index contributed by atoms with van der Waals surface area (Å²) in [6.07, 6.45) is 3.43. The fourth-order valence-electron chi connectivity index (χ4n) is 2.67. The molecule has 2 aromatic carbocycles. The zero-order valence-electron chi connectivity index (χ0n) is 13.7. The van der Waals surface area contributed by atoms with Crippen molar-refractivity contribution in [3.63, 3.8) is 0 Å². The maximum absolute atomic E-state index is 12.8. The van der Waals surface area contributed by atoms with Gasteiger partial charge in [0.15, 0.2) is 0 Å². The van der Waals surface area contributed by atoms with Gasteiger partial charge in [-0.05, 0) is 48.9 Å². The summed E-state index contributed by atoms with van der Waals surface area (Å²) in [5, 5.41) is 4.15. The van der Waals surface area contributed by atoms with E-state index in [-0.39, 0.29) is 10.6 Å². The lowest BCUT2D eigenvalue weighted by Crippen LogP contribution is -2.14. The minimum Gasteiger partial charge on any atom is -0.306 e. The van der Waals surface area contributed by atoms with E-state index in [4.69, 9.17) is 0 Å². The average Bonchev–Trinajstić information content (AvgIpc) is 3.24. The molecule has 0 amide bonds. The SMILES string of the molecule is Cc1ccc(-n2cccn2)cc1NS(=O)(=O)c1ccc2[nH]c(=O)[nH]c2c1. The van der Waals surface area contributed by atoms with Crippen LogP contribution >= 0.6 is 0 Å². The van der Waals surface area contributed by atoms with Crippen LogP contribution in [-0.4, -0.2) is 28.2 Å². The van der Waals surface area contributed by atoms with E-state index >= 15 is 0 Å². The van der Waals surface area contributed by atoms with Crippen molar-refractivity contribution >= 4 is 26.7 Å². The molecule has 4 aromatic rings. The summed E-state index contributed by atoms with van der Waals surface area (Å²) in [6.45, 7) is 1.82. The molecule has 2 heterocycles. The molecule has 0 saturated carbocycles. The topological polar surface area (TPSA) is 113 Å². The zero-order valence-corrected chi connectivity index (χ0v) is 14.5. The van der Waals surface area contributed by atoms with Gasteiger partial charge in [0.1, 0.15) is 0 Å². The fraction of sp³-hybridized carbons (Fsp3) is 0.0588. The highest BCUT2D eigenvalue weighted by Gasteiger charge is 2.17. The molecular formula is C17H15N5O3S. The van der Waals surface area contributed by atoms with Crippen molar-refractivity contribution in [1.82, 2.24) is 19.7 Å². The zero-order chi connectivity index (χ0) is 18.3. The molecule has 0 atom stereocenters. The predicted octanol–water partition coefficient (Wildman–Crippen LogP) is 2.15. The molecule has 3 N–H and O–H groups in total. The van der Waals surface area contributed by atoms with E-state index in [0.29, 0.717) is 16.7 Å². The Bertz CT molecular complexity index is 1250. The van der Waals surface area contributed by atoms with Gasteiger partial charge >= 0.3 is 5.69 Å². The molecule has 0 unspecified atom stereocenters. The third kappa shape index (κ3) is 2.88. The van der Waals surface area contributed by atoms with Gasteiger partial charge in [-0.25, -0.2) is 17.9 Å². The van der Waals surface area contributed by atoms with Crippen molar-refractivity contribution < 1.29 is 8.42 Å². The first-order valence-electron chi connectivity index (χ1n) is 7.78. The molecule has 132 valence electrons. The van der Waals surface area contributed by atoms with Gasteiger partial charge in [0.05, 0.1) is 27.3 Å². The number of nitrogens with one attached hydrogen (secondary N) is 3. The van der Waals surface area contributed by atoms with E-state index in [2.05, 4.69) is 19.8 Å². The second-order valence-electron chi connectivity index (χ2n) is 5.84. The molecule has 0 spiro atoms. The van der Waals surface area contributed by atoms with Gasteiger partial charge in [-0.15, -0.1) is 0 Å². The van der Waals surface area contributed by atoms with Gasteiger partial charge in [0, 0.05) is 12.4 Å². The first kappa shape index (κ1) is 16.2. The van der Waals surface area contributed by atoms with Gasteiger partial charge in [-0.3, -0.25) is 4.72 Å². The highest BCUT2D eigenvalue weighted by molar-refractivity contribution is 7.92. The number of aromatic amines is 2. The first-order valence-corrected chi connectivity index (χ1v) is 9.26. The first-order chi connectivity index (χ1) is 12.4. The number of fused-ring (bicyclic) bond motifs is 1. The second kappa shape index (κ2) is 5.88. The number of hydrogen-bond acceptors (Lipinski definition) is 4. The van der Waals surface area contributed by atoms with Gasteiger partial charge in [0.2, 0.25) is 0 Å². The maximum atomic E-state index is 12.8. The van der Waals surface area contributed by atoms with Crippen molar-refractivity contribution in [2.45, 2.75) is 11.8 Å². The number of aromatic nitrogens is 4. The van der Waals surface area contributed by atoms with Gasteiger partial charge in [-0.1, -0.05) is 6.07 Å². The lowest BCUT2D eigenvalue weighted by Gasteiger charge is -2.12.